The van der Waals surface area contributed by atoms with Crippen molar-refractivity contribution in [2.45, 2.75) is 5.92 Å². The Morgan fingerprint density at radius 3 is 2.56 bits per heavy atom. The Morgan fingerprint density at radius 2 is 1.88 bits per heavy atom. The van der Waals surface area contributed by atoms with Crippen LogP contribution in [-0.4, -0.2) is 18.7 Å². The van der Waals surface area contributed by atoms with E-state index in [0.29, 0.717) is 11.9 Å². The van der Waals surface area contributed by atoms with Crippen molar-refractivity contribution in [2.24, 2.45) is 4.99 Å². The highest BCUT2D eigenvalue weighted by Crippen LogP contribution is 2.22. The zero-order valence-electron chi connectivity index (χ0n) is 8.28. The molecule has 0 bridgehead atoms. The van der Waals surface area contributed by atoms with E-state index in [-0.39, 0.29) is 0 Å². The fourth-order valence-corrected chi connectivity index (χ4v) is 1.40. The number of nitrogens with zero attached hydrogens (tertiary/aromatic N) is 2. The lowest BCUT2D eigenvalue weighted by molar-refractivity contribution is 0.0941. The molecule has 0 fully saturated rings. The standard InChI is InChI=1S/C11H9F3N2/c12-9-1-3-10(4-2-9)16-6-5-15-7-11(13,14)8-16/h1-7H,8H2. The summed E-state index contributed by atoms with van der Waals surface area (Å²) in [6.07, 6.45) is 3.32. The third-order valence-electron chi connectivity index (χ3n) is 2.14. The van der Waals surface area contributed by atoms with E-state index in [0.717, 1.165) is 0 Å². The summed E-state index contributed by atoms with van der Waals surface area (Å²) in [6, 6.07) is 5.35. The molecule has 0 aromatic heterocycles. The van der Waals surface area contributed by atoms with Gasteiger partial charge in [0.05, 0.1) is 12.8 Å². The lowest BCUT2D eigenvalue weighted by Crippen LogP contribution is -2.33. The summed E-state index contributed by atoms with van der Waals surface area (Å²) in [6.45, 7) is -0.501. The highest BCUT2D eigenvalue weighted by Gasteiger charge is 2.30. The molecule has 0 aliphatic carbocycles. The van der Waals surface area contributed by atoms with Gasteiger partial charge in [0.1, 0.15) is 5.82 Å². The maximum atomic E-state index is 13.2. The Labute approximate surface area is 90.7 Å². The molecule has 1 aromatic carbocycles. The van der Waals surface area contributed by atoms with Gasteiger partial charge < -0.3 is 4.90 Å². The van der Waals surface area contributed by atoms with E-state index in [1.165, 1.54) is 41.6 Å². The quantitative estimate of drug-likeness (QED) is 0.718. The second-order valence-electron chi connectivity index (χ2n) is 3.44. The molecule has 2 nitrogen and oxygen atoms in total. The number of hydrogen-bond acceptors (Lipinski definition) is 2. The van der Waals surface area contributed by atoms with E-state index in [9.17, 15) is 13.2 Å². The first kappa shape index (κ1) is 10.7. The largest absolute Gasteiger partial charge is 0.340 e. The van der Waals surface area contributed by atoms with Crippen LogP contribution in [0.4, 0.5) is 18.9 Å². The Balaban J connectivity index is 2.24. The van der Waals surface area contributed by atoms with Crippen molar-refractivity contribution in [1.29, 1.82) is 0 Å². The normalized spacial score (nSPS) is 18.6. The fraction of sp³-hybridized carbons (Fsp3) is 0.182. The van der Waals surface area contributed by atoms with E-state index in [1.807, 2.05) is 0 Å². The minimum atomic E-state index is -2.99. The van der Waals surface area contributed by atoms with Crippen LogP contribution in [-0.2, 0) is 0 Å². The summed E-state index contributed by atoms with van der Waals surface area (Å²) in [7, 11) is 0. The molecule has 0 atom stereocenters. The number of benzene rings is 1. The molecule has 2 rings (SSSR count). The third-order valence-corrected chi connectivity index (χ3v) is 2.14. The van der Waals surface area contributed by atoms with Crippen LogP contribution in [0, 0.1) is 5.82 Å². The molecule has 0 N–H and O–H groups in total. The van der Waals surface area contributed by atoms with Gasteiger partial charge in [0, 0.05) is 18.1 Å². The summed E-state index contributed by atoms with van der Waals surface area (Å²) in [4.78, 5) is 4.77. The van der Waals surface area contributed by atoms with Gasteiger partial charge in [-0.2, -0.15) is 8.78 Å². The molecule has 84 valence electrons. The van der Waals surface area contributed by atoms with E-state index in [1.54, 1.807) is 0 Å². The molecule has 0 saturated heterocycles. The SMILES string of the molecule is Fc1ccc(N2C=CN=CC(F)(F)C2)cc1. The zero-order chi connectivity index (χ0) is 11.6. The van der Waals surface area contributed by atoms with E-state index in [4.69, 9.17) is 0 Å². The molecule has 1 heterocycles. The molecule has 0 saturated carbocycles. The minimum Gasteiger partial charge on any atom is -0.340 e. The Bertz CT molecular complexity index is 423. The summed E-state index contributed by atoms with van der Waals surface area (Å²) < 4.78 is 39.0. The molecule has 0 amide bonds. The first-order chi connectivity index (χ1) is 7.57. The number of anilines is 1. The Kier molecular flexibility index (Phi) is 2.68. The maximum Gasteiger partial charge on any atom is 0.300 e. The van der Waals surface area contributed by atoms with Gasteiger partial charge >= 0.3 is 5.92 Å². The Morgan fingerprint density at radius 1 is 1.19 bits per heavy atom. The van der Waals surface area contributed by atoms with Crippen molar-refractivity contribution < 1.29 is 13.2 Å². The highest BCUT2D eigenvalue weighted by molar-refractivity contribution is 5.70. The first-order valence-electron chi connectivity index (χ1n) is 4.68. The van der Waals surface area contributed by atoms with Crippen molar-refractivity contribution >= 4 is 11.9 Å². The molecule has 16 heavy (non-hydrogen) atoms. The van der Waals surface area contributed by atoms with Crippen molar-refractivity contribution in [3.63, 3.8) is 0 Å². The van der Waals surface area contributed by atoms with Gasteiger partial charge in [-0.25, -0.2) is 4.39 Å². The molecule has 0 spiro atoms. The lowest BCUT2D eigenvalue weighted by Gasteiger charge is -2.22. The predicted octanol–water partition coefficient (Wildman–Crippen LogP) is 2.82. The molecule has 5 heteroatoms. The van der Waals surface area contributed by atoms with Gasteiger partial charge in [-0.1, -0.05) is 0 Å². The second kappa shape index (κ2) is 4.00. The van der Waals surface area contributed by atoms with E-state index >= 15 is 0 Å². The fourth-order valence-electron chi connectivity index (χ4n) is 1.40. The van der Waals surface area contributed by atoms with E-state index in [2.05, 4.69) is 4.99 Å². The first-order valence-corrected chi connectivity index (χ1v) is 4.68. The van der Waals surface area contributed by atoms with Crippen molar-refractivity contribution in [1.82, 2.24) is 0 Å². The van der Waals surface area contributed by atoms with Crippen LogP contribution in [0.15, 0.2) is 41.7 Å². The van der Waals surface area contributed by atoms with Gasteiger partial charge in [0.25, 0.3) is 0 Å². The minimum absolute atomic E-state index is 0.398. The Hall–Kier alpha value is -1.78. The molecule has 0 radical (unpaired) electrons. The number of alkyl halides is 2. The third kappa shape index (κ3) is 2.42. The number of halogens is 3. The van der Waals surface area contributed by atoms with Gasteiger partial charge in [0.2, 0.25) is 0 Å². The van der Waals surface area contributed by atoms with Crippen LogP contribution in [0.1, 0.15) is 0 Å². The molecule has 1 aliphatic heterocycles. The molecular weight excluding hydrogens is 217 g/mol. The van der Waals surface area contributed by atoms with Crippen molar-refractivity contribution in [3.8, 4) is 0 Å². The molecule has 1 aliphatic rings. The van der Waals surface area contributed by atoms with Crippen molar-refractivity contribution in [3.05, 3.63) is 42.5 Å². The van der Waals surface area contributed by atoms with Crippen LogP contribution in [0.2, 0.25) is 0 Å². The molecular formula is C11H9F3N2. The average molecular weight is 226 g/mol. The summed E-state index contributed by atoms with van der Waals surface area (Å²) in [5.41, 5.74) is 0.503. The number of aliphatic imine (C=N–C) groups is 1. The topological polar surface area (TPSA) is 15.6 Å². The number of hydrogen-bond donors (Lipinski definition) is 0. The summed E-state index contributed by atoms with van der Waals surface area (Å²) in [5, 5.41) is 0. The van der Waals surface area contributed by atoms with Crippen LogP contribution >= 0.6 is 0 Å². The van der Waals surface area contributed by atoms with Gasteiger partial charge in [-0.15, -0.1) is 0 Å². The van der Waals surface area contributed by atoms with Crippen LogP contribution in [0.25, 0.3) is 0 Å². The van der Waals surface area contributed by atoms with Crippen LogP contribution < -0.4 is 4.90 Å². The average Bonchev–Trinajstić information content (AvgIpc) is 2.40. The van der Waals surface area contributed by atoms with Crippen LogP contribution in [0.3, 0.4) is 0 Å². The number of rotatable bonds is 1. The molecule has 1 aromatic rings. The van der Waals surface area contributed by atoms with E-state index < -0.39 is 18.3 Å². The van der Waals surface area contributed by atoms with Gasteiger partial charge in [0.15, 0.2) is 0 Å². The van der Waals surface area contributed by atoms with Crippen molar-refractivity contribution in [2.75, 3.05) is 11.4 Å². The molecule has 0 unspecified atom stereocenters. The highest BCUT2D eigenvalue weighted by atomic mass is 19.3. The monoisotopic (exact) mass is 226 g/mol. The van der Waals surface area contributed by atoms with Crippen LogP contribution in [0.5, 0.6) is 0 Å². The zero-order valence-corrected chi connectivity index (χ0v) is 8.28. The maximum absolute atomic E-state index is 13.2. The van der Waals surface area contributed by atoms with Gasteiger partial charge in [-0.3, -0.25) is 4.99 Å². The smallest absolute Gasteiger partial charge is 0.300 e. The summed E-state index contributed by atoms with van der Waals surface area (Å²) in [5.74, 6) is -3.39. The summed E-state index contributed by atoms with van der Waals surface area (Å²) >= 11 is 0. The predicted molar refractivity (Wildman–Crippen MR) is 56.3 cm³/mol. The second-order valence-corrected chi connectivity index (χ2v) is 3.44. The van der Waals surface area contributed by atoms with Gasteiger partial charge in [-0.05, 0) is 24.3 Å². The lowest BCUT2D eigenvalue weighted by atomic mass is 10.2.